The molecular formula is C17H27F3. The van der Waals surface area contributed by atoms with Crippen molar-refractivity contribution in [1.82, 2.24) is 0 Å². The van der Waals surface area contributed by atoms with Gasteiger partial charge in [0.15, 0.2) is 0 Å². The summed E-state index contributed by atoms with van der Waals surface area (Å²) in [6.07, 6.45) is 2.80. The highest BCUT2D eigenvalue weighted by Gasteiger charge is 2.33. The van der Waals surface area contributed by atoms with Crippen molar-refractivity contribution in [3.05, 3.63) is 35.6 Å². The Morgan fingerprint density at radius 2 is 1.90 bits per heavy atom. The predicted octanol–water partition coefficient (Wildman–Crippen LogP) is 6.25. The van der Waals surface area contributed by atoms with Crippen LogP contribution in [0.1, 0.15) is 58.9 Å². The molecule has 0 N–H and O–H groups in total. The molecule has 0 spiro atoms. The molecule has 0 heterocycles. The Bertz CT molecular complexity index is 361. The van der Waals surface area contributed by atoms with Gasteiger partial charge in [0.25, 0.3) is 0 Å². The smallest absolute Gasteiger partial charge is 0.207 e. The molecule has 0 radical (unpaired) electrons. The highest BCUT2D eigenvalue weighted by atomic mass is 19.3. The molecule has 0 bridgehead atoms. The number of alkyl halides is 2. The lowest BCUT2D eigenvalue weighted by Crippen LogP contribution is -2.24. The van der Waals surface area contributed by atoms with Crippen molar-refractivity contribution in [3.63, 3.8) is 0 Å². The fourth-order valence-electron chi connectivity index (χ4n) is 2.18. The van der Waals surface area contributed by atoms with E-state index in [0.717, 1.165) is 18.4 Å². The van der Waals surface area contributed by atoms with Crippen LogP contribution in [0, 0.1) is 11.7 Å². The van der Waals surface area contributed by atoms with E-state index in [1.54, 1.807) is 12.1 Å². The molecule has 1 aliphatic rings. The van der Waals surface area contributed by atoms with Gasteiger partial charge in [0.2, 0.25) is 5.92 Å². The van der Waals surface area contributed by atoms with Crippen molar-refractivity contribution in [2.24, 2.45) is 5.92 Å². The van der Waals surface area contributed by atoms with Crippen LogP contribution in [0.5, 0.6) is 0 Å². The lowest BCUT2D eigenvalue weighted by molar-refractivity contribution is -0.0494. The molecule has 1 atom stereocenters. The highest BCUT2D eigenvalue weighted by Crippen LogP contribution is 2.35. The summed E-state index contributed by atoms with van der Waals surface area (Å²) < 4.78 is 37.3. The third-order valence-electron chi connectivity index (χ3n) is 3.18. The number of halogens is 3. The molecule has 0 aliphatic heterocycles. The molecule has 2 rings (SSSR count). The molecule has 1 aliphatic carbocycles. The summed E-state index contributed by atoms with van der Waals surface area (Å²) in [6, 6.07) is 6.66. The van der Waals surface area contributed by atoms with E-state index in [0.29, 0.717) is 6.42 Å². The number of hydrogen-bond acceptors (Lipinski definition) is 0. The zero-order valence-electron chi connectivity index (χ0n) is 13.1. The van der Waals surface area contributed by atoms with E-state index in [2.05, 4.69) is 0 Å². The Hall–Kier alpha value is -0.990. The van der Waals surface area contributed by atoms with Gasteiger partial charge in [0.05, 0.1) is 0 Å². The van der Waals surface area contributed by atoms with E-state index < -0.39 is 5.92 Å². The predicted molar refractivity (Wildman–Crippen MR) is 79.7 cm³/mol. The van der Waals surface area contributed by atoms with Crippen LogP contribution < -0.4 is 0 Å². The van der Waals surface area contributed by atoms with Crippen LogP contribution >= 0.6 is 0 Å². The molecule has 1 unspecified atom stereocenters. The second kappa shape index (κ2) is 9.84. The largest absolute Gasteiger partial charge is 0.248 e. The van der Waals surface area contributed by atoms with Crippen LogP contribution in [0.25, 0.3) is 0 Å². The maximum atomic E-state index is 12.5. The third kappa shape index (κ3) is 8.23. The minimum absolute atomic E-state index is 0.104. The number of benzene rings is 1. The van der Waals surface area contributed by atoms with Gasteiger partial charge in [-0.2, -0.15) is 0 Å². The van der Waals surface area contributed by atoms with Crippen LogP contribution in [-0.4, -0.2) is 5.92 Å². The molecule has 116 valence electrons. The lowest BCUT2D eigenvalue weighted by Gasteiger charge is -2.25. The van der Waals surface area contributed by atoms with Crippen LogP contribution in [-0.2, 0) is 6.42 Å². The van der Waals surface area contributed by atoms with Gasteiger partial charge in [0.1, 0.15) is 5.82 Å². The Balaban J connectivity index is 0.000000321. The molecule has 0 nitrogen and oxygen atoms in total. The van der Waals surface area contributed by atoms with Gasteiger partial charge in [-0.05, 0) is 36.5 Å². The summed E-state index contributed by atoms with van der Waals surface area (Å²) >= 11 is 0. The topological polar surface area (TPSA) is 0 Å². The molecular weight excluding hydrogens is 261 g/mol. The first kappa shape index (κ1) is 19.0. The summed E-state index contributed by atoms with van der Waals surface area (Å²) in [5.74, 6) is -2.26. The van der Waals surface area contributed by atoms with Crippen LogP contribution in [0.3, 0.4) is 0 Å². The standard InChI is InChI=1S/C8H9F.C7H12F2.C2H6/c1-2-7-4-3-5-8(9)6-7;1-6-3-2-4-7(8,9)5-6;1-2/h3-6H,2H2,1H3;6H,2-5H2,1H3;1-2H3. The number of aryl methyl sites for hydroxylation is 1. The van der Waals surface area contributed by atoms with E-state index in [1.165, 1.54) is 6.07 Å². The summed E-state index contributed by atoms with van der Waals surface area (Å²) in [4.78, 5) is 0. The molecule has 20 heavy (non-hydrogen) atoms. The summed E-state index contributed by atoms with van der Waals surface area (Å²) in [7, 11) is 0. The van der Waals surface area contributed by atoms with Gasteiger partial charge >= 0.3 is 0 Å². The summed E-state index contributed by atoms with van der Waals surface area (Å²) in [5.41, 5.74) is 1.05. The van der Waals surface area contributed by atoms with Gasteiger partial charge in [-0.1, -0.05) is 46.2 Å². The van der Waals surface area contributed by atoms with Crippen LogP contribution in [0.15, 0.2) is 24.3 Å². The third-order valence-corrected chi connectivity index (χ3v) is 3.18. The normalized spacial score (nSPS) is 20.1. The quantitative estimate of drug-likeness (QED) is 0.573. The van der Waals surface area contributed by atoms with Gasteiger partial charge in [-0.3, -0.25) is 0 Å². The maximum Gasteiger partial charge on any atom is 0.248 e. The average molecular weight is 288 g/mol. The highest BCUT2D eigenvalue weighted by molar-refractivity contribution is 5.15. The zero-order chi connectivity index (χ0) is 15.6. The van der Waals surface area contributed by atoms with Crippen LogP contribution in [0.4, 0.5) is 13.2 Å². The van der Waals surface area contributed by atoms with E-state index in [1.807, 2.05) is 33.8 Å². The van der Waals surface area contributed by atoms with Crippen LogP contribution in [0.2, 0.25) is 0 Å². The van der Waals surface area contributed by atoms with Gasteiger partial charge < -0.3 is 0 Å². The lowest BCUT2D eigenvalue weighted by atomic mass is 9.88. The molecule has 1 aromatic carbocycles. The minimum atomic E-state index is -2.35. The second-order valence-electron chi connectivity index (χ2n) is 5.04. The van der Waals surface area contributed by atoms with Gasteiger partial charge in [0, 0.05) is 12.8 Å². The molecule has 3 heteroatoms. The summed E-state index contributed by atoms with van der Waals surface area (Å²) in [6.45, 7) is 7.90. The first-order valence-corrected chi connectivity index (χ1v) is 7.55. The van der Waals surface area contributed by atoms with Crippen molar-refractivity contribution >= 4 is 0 Å². The minimum Gasteiger partial charge on any atom is -0.207 e. The van der Waals surface area contributed by atoms with Crippen molar-refractivity contribution in [1.29, 1.82) is 0 Å². The Labute approximate surface area is 121 Å². The molecule has 1 aromatic rings. The van der Waals surface area contributed by atoms with E-state index >= 15 is 0 Å². The maximum absolute atomic E-state index is 12.5. The molecule has 0 saturated heterocycles. The fourth-order valence-corrected chi connectivity index (χ4v) is 2.18. The van der Waals surface area contributed by atoms with Gasteiger partial charge in [-0.15, -0.1) is 0 Å². The fraction of sp³-hybridized carbons (Fsp3) is 0.647. The van der Waals surface area contributed by atoms with E-state index in [9.17, 15) is 13.2 Å². The first-order chi connectivity index (χ1) is 9.43. The molecule has 1 fully saturated rings. The van der Waals surface area contributed by atoms with E-state index in [4.69, 9.17) is 0 Å². The molecule has 0 amide bonds. The number of hydrogen-bond donors (Lipinski definition) is 0. The Kier molecular flexibility index (Phi) is 9.35. The zero-order valence-corrected chi connectivity index (χ0v) is 13.1. The molecule has 0 aromatic heterocycles. The second-order valence-corrected chi connectivity index (χ2v) is 5.04. The van der Waals surface area contributed by atoms with Crippen molar-refractivity contribution < 1.29 is 13.2 Å². The summed E-state index contributed by atoms with van der Waals surface area (Å²) in [5, 5.41) is 0. The van der Waals surface area contributed by atoms with Crippen molar-refractivity contribution in [2.75, 3.05) is 0 Å². The molecule has 1 saturated carbocycles. The SMILES string of the molecule is CC.CC1CCCC(F)(F)C1.CCc1cccc(F)c1. The first-order valence-electron chi connectivity index (χ1n) is 7.55. The Morgan fingerprint density at radius 3 is 2.25 bits per heavy atom. The Morgan fingerprint density at radius 1 is 1.25 bits per heavy atom. The average Bonchev–Trinajstić information content (AvgIpc) is 2.40. The van der Waals surface area contributed by atoms with Crippen molar-refractivity contribution in [3.8, 4) is 0 Å². The van der Waals surface area contributed by atoms with Crippen molar-refractivity contribution in [2.45, 2.75) is 65.7 Å². The monoisotopic (exact) mass is 288 g/mol. The number of rotatable bonds is 1. The van der Waals surface area contributed by atoms with Gasteiger partial charge in [-0.25, -0.2) is 13.2 Å². The van der Waals surface area contributed by atoms with E-state index in [-0.39, 0.29) is 24.6 Å².